The second-order valence-electron chi connectivity index (χ2n) is 7.40. The summed E-state index contributed by atoms with van der Waals surface area (Å²) in [5, 5.41) is 4.14. The Hall–Kier alpha value is -3.80. The van der Waals surface area contributed by atoms with Crippen LogP contribution in [0, 0.1) is 6.92 Å². The molecular formula is C21H22N6O5S. The van der Waals surface area contributed by atoms with Crippen molar-refractivity contribution in [3.63, 3.8) is 0 Å². The van der Waals surface area contributed by atoms with Gasteiger partial charge in [-0.05, 0) is 43.7 Å². The van der Waals surface area contributed by atoms with Gasteiger partial charge in [0.15, 0.2) is 5.82 Å². The van der Waals surface area contributed by atoms with Crippen molar-refractivity contribution in [2.45, 2.75) is 26.2 Å². The second-order valence-corrected chi connectivity index (χ2v) is 9.24. The summed E-state index contributed by atoms with van der Waals surface area (Å²) in [6.45, 7) is 1.57. The van der Waals surface area contributed by atoms with Crippen LogP contribution in [0.1, 0.15) is 25.1 Å². The van der Waals surface area contributed by atoms with Gasteiger partial charge in [-0.1, -0.05) is 0 Å². The van der Waals surface area contributed by atoms with Gasteiger partial charge in [0.05, 0.1) is 5.75 Å². The summed E-state index contributed by atoms with van der Waals surface area (Å²) in [7, 11) is -3.76. The van der Waals surface area contributed by atoms with Gasteiger partial charge in [-0.2, -0.15) is 10.1 Å². The molecule has 0 aliphatic carbocycles. The van der Waals surface area contributed by atoms with Crippen LogP contribution < -0.4 is 9.46 Å². The van der Waals surface area contributed by atoms with E-state index in [4.69, 9.17) is 4.74 Å². The fraction of sp³-hybridized carbons (Fsp3) is 0.286. The molecule has 33 heavy (non-hydrogen) atoms. The van der Waals surface area contributed by atoms with Crippen molar-refractivity contribution in [3.8, 4) is 17.4 Å². The average molecular weight is 471 g/mol. The van der Waals surface area contributed by atoms with Crippen LogP contribution in [0.3, 0.4) is 0 Å². The number of imide groups is 1. The number of ether oxygens (including phenoxy) is 1. The van der Waals surface area contributed by atoms with E-state index in [2.05, 4.69) is 19.8 Å². The highest BCUT2D eigenvalue weighted by Crippen LogP contribution is 2.23. The molecule has 0 unspecified atom stereocenters. The van der Waals surface area contributed by atoms with E-state index in [-0.39, 0.29) is 37.0 Å². The first-order valence-electron chi connectivity index (χ1n) is 10.3. The number of sulfonamides is 1. The minimum absolute atomic E-state index is 0.167. The van der Waals surface area contributed by atoms with Crippen LogP contribution in [0.25, 0.3) is 5.82 Å². The fourth-order valence-electron chi connectivity index (χ4n) is 3.30. The zero-order valence-electron chi connectivity index (χ0n) is 17.8. The maximum atomic E-state index is 12.4. The predicted molar refractivity (Wildman–Crippen MR) is 118 cm³/mol. The minimum atomic E-state index is -3.76. The van der Waals surface area contributed by atoms with Crippen LogP contribution in [-0.2, 0) is 19.6 Å². The van der Waals surface area contributed by atoms with E-state index in [0.717, 1.165) is 4.90 Å². The first kappa shape index (κ1) is 22.4. The molecule has 1 N–H and O–H groups in total. The van der Waals surface area contributed by atoms with Gasteiger partial charge in [0, 0.05) is 43.5 Å². The molecule has 3 heterocycles. The van der Waals surface area contributed by atoms with Gasteiger partial charge in [0.2, 0.25) is 27.7 Å². The highest BCUT2D eigenvalue weighted by molar-refractivity contribution is 7.92. The van der Waals surface area contributed by atoms with E-state index in [1.807, 2.05) is 0 Å². The first-order valence-corrected chi connectivity index (χ1v) is 11.9. The number of likely N-dealkylation sites (tertiary alicyclic amines) is 1. The standard InChI is InChI=1S/C21H22N6O5S/c1-15-23-18(27-11-3-10-22-27)14-19(24-15)32-17-8-6-16(7-9-17)25-33(30,31)13-12-26-20(28)4-2-5-21(26)29/h3,6-11,14,25H,2,4-5,12-13H2,1H3. The molecule has 0 bridgehead atoms. The van der Waals surface area contributed by atoms with Crippen LogP contribution in [0.5, 0.6) is 11.6 Å². The Morgan fingerprint density at radius 2 is 1.82 bits per heavy atom. The zero-order valence-corrected chi connectivity index (χ0v) is 18.7. The van der Waals surface area contributed by atoms with Crippen LogP contribution >= 0.6 is 0 Å². The molecular weight excluding hydrogens is 448 g/mol. The van der Waals surface area contributed by atoms with E-state index in [0.29, 0.717) is 35.4 Å². The zero-order chi connectivity index (χ0) is 23.4. The van der Waals surface area contributed by atoms with E-state index >= 15 is 0 Å². The predicted octanol–water partition coefficient (Wildman–Crippen LogP) is 2.04. The third-order valence-corrected chi connectivity index (χ3v) is 6.12. The molecule has 1 fully saturated rings. The van der Waals surface area contributed by atoms with Gasteiger partial charge in [0.25, 0.3) is 0 Å². The summed E-state index contributed by atoms with van der Waals surface area (Å²) in [5.74, 6) is 0.783. The lowest BCUT2D eigenvalue weighted by molar-refractivity contribution is -0.147. The van der Waals surface area contributed by atoms with Crippen molar-refractivity contribution in [1.29, 1.82) is 0 Å². The Bertz CT molecular complexity index is 1240. The van der Waals surface area contributed by atoms with Crippen molar-refractivity contribution < 1.29 is 22.7 Å². The van der Waals surface area contributed by atoms with Crippen LogP contribution in [0.4, 0.5) is 5.69 Å². The summed E-state index contributed by atoms with van der Waals surface area (Å²) in [6.07, 6.45) is 4.42. The number of amides is 2. The van der Waals surface area contributed by atoms with Crippen molar-refractivity contribution in [2.24, 2.45) is 0 Å². The van der Waals surface area contributed by atoms with Crippen molar-refractivity contribution in [3.05, 3.63) is 54.6 Å². The van der Waals surface area contributed by atoms with E-state index in [1.165, 1.54) is 0 Å². The molecule has 0 atom stereocenters. The lowest BCUT2D eigenvalue weighted by Gasteiger charge is -2.24. The number of nitrogens with one attached hydrogen (secondary N) is 1. The largest absolute Gasteiger partial charge is 0.439 e. The fourth-order valence-corrected chi connectivity index (χ4v) is 4.32. The second kappa shape index (κ2) is 9.36. The number of aromatic nitrogens is 4. The number of hydrogen-bond donors (Lipinski definition) is 1. The molecule has 11 nitrogen and oxygen atoms in total. The number of carbonyl (C=O) groups excluding carboxylic acids is 2. The lowest BCUT2D eigenvalue weighted by Crippen LogP contribution is -2.43. The summed E-state index contributed by atoms with van der Waals surface area (Å²) < 4.78 is 34.6. The molecule has 4 rings (SSSR count). The lowest BCUT2D eigenvalue weighted by atomic mass is 10.1. The molecule has 1 aliphatic rings. The molecule has 1 aromatic carbocycles. The number of piperidine rings is 1. The van der Waals surface area contributed by atoms with Crippen LogP contribution in [0.2, 0.25) is 0 Å². The molecule has 1 aliphatic heterocycles. The number of anilines is 1. The smallest absolute Gasteiger partial charge is 0.234 e. The van der Waals surface area contributed by atoms with Gasteiger partial charge < -0.3 is 4.74 Å². The number of rotatable bonds is 8. The third-order valence-electron chi connectivity index (χ3n) is 4.86. The quantitative estimate of drug-likeness (QED) is 0.494. The Kier molecular flexibility index (Phi) is 6.36. The van der Waals surface area contributed by atoms with Gasteiger partial charge in [0.1, 0.15) is 11.6 Å². The van der Waals surface area contributed by atoms with Gasteiger partial charge in [-0.25, -0.2) is 18.1 Å². The Balaban J connectivity index is 1.38. The first-order chi connectivity index (χ1) is 15.8. The van der Waals surface area contributed by atoms with Gasteiger partial charge in [-0.3, -0.25) is 19.2 Å². The molecule has 3 aromatic rings. The van der Waals surface area contributed by atoms with Crippen LogP contribution in [0.15, 0.2) is 48.8 Å². The SMILES string of the molecule is Cc1nc(Oc2ccc(NS(=O)(=O)CCN3C(=O)CCCC3=O)cc2)cc(-n2cccn2)n1. The van der Waals surface area contributed by atoms with E-state index in [1.54, 1.807) is 60.4 Å². The monoisotopic (exact) mass is 470 g/mol. The molecule has 2 amide bonds. The Morgan fingerprint density at radius 1 is 1.09 bits per heavy atom. The molecule has 12 heteroatoms. The highest BCUT2D eigenvalue weighted by Gasteiger charge is 2.27. The van der Waals surface area contributed by atoms with Crippen molar-refractivity contribution >= 4 is 27.5 Å². The topological polar surface area (TPSA) is 136 Å². The third kappa shape index (κ3) is 5.71. The highest BCUT2D eigenvalue weighted by atomic mass is 32.2. The maximum absolute atomic E-state index is 12.4. The van der Waals surface area contributed by atoms with E-state index in [9.17, 15) is 18.0 Å². The van der Waals surface area contributed by atoms with E-state index < -0.39 is 10.0 Å². The van der Waals surface area contributed by atoms with Gasteiger partial charge >= 0.3 is 0 Å². The minimum Gasteiger partial charge on any atom is -0.439 e. The molecule has 172 valence electrons. The number of carbonyl (C=O) groups is 2. The molecule has 0 radical (unpaired) electrons. The Labute approximate surface area is 190 Å². The van der Waals surface area contributed by atoms with Crippen LogP contribution in [-0.4, -0.2) is 57.2 Å². The summed E-state index contributed by atoms with van der Waals surface area (Å²) in [5.41, 5.74) is 0.328. The number of benzene rings is 1. The summed E-state index contributed by atoms with van der Waals surface area (Å²) in [6, 6.07) is 9.71. The van der Waals surface area contributed by atoms with Crippen molar-refractivity contribution in [2.75, 3.05) is 17.0 Å². The maximum Gasteiger partial charge on any atom is 0.234 e. The number of aryl methyl sites for hydroxylation is 1. The number of nitrogens with zero attached hydrogens (tertiary/aromatic N) is 5. The van der Waals surface area contributed by atoms with Gasteiger partial charge in [-0.15, -0.1) is 0 Å². The molecule has 1 saturated heterocycles. The molecule has 0 spiro atoms. The molecule has 0 saturated carbocycles. The summed E-state index contributed by atoms with van der Waals surface area (Å²) >= 11 is 0. The van der Waals surface area contributed by atoms with Crippen molar-refractivity contribution in [1.82, 2.24) is 24.6 Å². The molecule has 2 aromatic heterocycles. The number of hydrogen-bond acceptors (Lipinski definition) is 8. The average Bonchev–Trinajstić information content (AvgIpc) is 3.29. The Morgan fingerprint density at radius 3 is 2.48 bits per heavy atom. The normalized spacial score (nSPS) is 14.4. The summed E-state index contributed by atoms with van der Waals surface area (Å²) in [4.78, 5) is 33.3.